The lowest BCUT2D eigenvalue weighted by atomic mass is 9.99. The lowest BCUT2D eigenvalue weighted by molar-refractivity contribution is 0.0591. The Bertz CT molecular complexity index is 866. The Morgan fingerprint density at radius 2 is 1.75 bits per heavy atom. The van der Waals surface area contributed by atoms with E-state index in [9.17, 15) is 9.90 Å². The Labute approximate surface area is 191 Å². The van der Waals surface area contributed by atoms with Crippen molar-refractivity contribution in [1.29, 1.82) is 0 Å². The van der Waals surface area contributed by atoms with Crippen LogP contribution < -0.4 is 4.90 Å². The third-order valence-electron chi connectivity index (χ3n) is 6.92. The fourth-order valence-electron chi connectivity index (χ4n) is 4.81. The lowest BCUT2D eigenvalue weighted by Crippen LogP contribution is -2.42. The van der Waals surface area contributed by atoms with Gasteiger partial charge < -0.3 is 19.8 Å². The molecule has 1 saturated heterocycles. The van der Waals surface area contributed by atoms with Crippen LogP contribution in [0.4, 0.5) is 5.82 Å². The second-order valence-corrected chi connectivity index (χ2v) is 9.48. The number of piperidine rings is 1. The summed E-state index contributed by atoms with van der Waals surface area (Å²) < 4.78 is 0. The number of nitrogens with zero attached hydrogens (tertiary/aromatic N) is 4. The number of pyridine rings is 1. The van der Waals surface area contributed by atoms with Crippen molar-refractivity contribution >= 4 is 11.7 Å². The first-order valence-electron chi connectivity index (χ1n) is 11.9. The first kappa shape index (κ1) is 22.7. The maximum Gasteiger partial charge on any atom is 0.255 e. The van der Waals surface area contributed by atoms with Gasteiger partial charge in [0.05, 0.1) is 11.7 Å². The first-order valence-corrected chi connectivity index (χ1v) is 11.9. The second-order valence-electron chi connectivity index (χ2n) is 9.48. The number of hydrogen-bond donors (Lipinski definition) is 1. The van der Waals surface area contributed by atoms with Crippen LogP contribution in [0.2, 0.25) is 0 Å². The molecule has 3 heterocycles. The summed E-state index contributed by atoms with van der Waals surface area (Å²) in [5.41, 5.74) is 3.39. The van der Waals surface area contributed by atoms with Crippen molar-refractivity contribution in [2.75, 3.05) is 51.2 Å². The number of anilines is 1. The first-order chi connectivity index (χ1) is 15.5. The van der Waals surface area contributed by atoms with Crippen molar-refractivity contribution in [3.63, 3.8) is 0 Å². The van der Waals surface area contributed by atoms with E-state index in [4.69, 9.17) is 0 Å². The topological polar surface area (TPSA) is 59.9 Å². The van der Waals surface area contributed by atoms with E-state index in [0.717, 1.165) is 50.8 Å². The highest BCUT2D eigenvalue weighted by molar-refractivity contribution is 5.93. The summed E-state index contributed by atoms with van der Waals surface area (Å²) in [4.78, 5) is 23.6. The van der Waals surface area contributed by atoms with Gasteiger partial charge in [-0.1, -0.05) is 31.2 Å². The summed E-state index contributed by atoms with van der Waals surface area (Å²) in [6.07, 6.45) is 5.48. The summed E-state index contributed by atoms with van der Waals surface area (Å²) in [7, 11) is 1.75. The van der Waals surface area contributed by atoms with E-state index in [1.807, 2.05) is 12.1 Å². The van der Waals surface area contributed by atoms with Crippen LogP contribution in [0.1, 0.15) is 41.3 Å². The van der Waals surface area contributed by atoms with Crippen LogP contribution in [-0.2, 0) is 12.8 Å². The highest BCUT2D eigenvalue weighted by atomic mass is 16.3. The number of hydrogen-bond acceptors (Lipinski definition) is 5. The number of benzene rings is 1. The Kier molecular flexibility index (Phi) is 7.43. The van der Waals surface area contributed by atoms with Crippen LogP contribution in [0.25, 0.3) is 0 Å². The number of β-amino-alcohol motifs (C(OH)–C–C–N with tert-alkyl or cyclic N) is 1. The Balaban J connectivity index is 1.27. The molecular formula is C26H36N4O2. The second kappa shape index (κ2) is 10.5. The van der Waals surface area contributed by atoms with Crippen molar-refractivity contribution in [2.45, 2.75) is 38.7 Å². The van der Waals surface area contributed by atoms with E-state index >= 15 is 0 Å². The number of amides is 1. The van der Waals surface area contributed by atoms with Crippen LogP contribution in [0.15, 0.2) is 42.6 Å². The van der Waals surface area contributed by atoms with Crippen molar-refractivity contribution < 1.29 is 9.90 Å². The molecule has 4 rings (SSSR count). The maximum atomic E-state index is 12.9. The van der Waals surface area contributed by atoms with Crippen LogP contribution in [-0.4, -0.2) is 78.2 Å². The molecule has 1 aromatic carbocycles. The van der Waals surface area contributed by atoms with Crippen LogP contribution in [0, 0.1) is 5.92 Å². The zero-order valence-corrected chi connectivity index (χ0v) is 19.4. The van der Waals surface area contributed by atoms with Crippen molar-refractivity contribution in [3.8, 4) is 0 Å². The minimum atomic E-state index is -0.576. The Morgan fingerprint density at radius 1 is 1.09 bits per heavy atom. The summed E-state index contributed by atoms with van der Waals surface area (Å²) in [5, 5.41) is 10.7. The number of aliphatic hydroxyl groups is 1. The number of aliphatic hydroxyl groups excluding tert-OH is 1. The normalized spacial score (nSPS) is 18.7. The molecular weight excluding hydrogens is 400 g/mol. The highest BCUT2D eigenvalue weighted by Crippen LogP contribution is 2.21. The molecule has 0 spiro atoms. The SMILES string of the molecule is CC1CCN(c2ccc(C(=O)N(C)CC(O)CN3CCc4ccccc4CC3)cn2)CC1. The standard InChI is InChI=1S/C26H36N4O2/c1-20-9-15-30(16-10-20)25-8-7-23(17-27-25)26(32)28(2)18-24(31)19-29-13-11-21-5-3-4-6-22(21)12-14-29/h3-8,17,20,24,31H,9-16,18-19H2,1-2H3. The van der Waals surface area contributed by atoms with E-state index in [1.165, 1.54) is 24.0 Å². The molecule has 1 atom stereocenters. The van der Waals surface area contributed by atoms with Gasteiger partial charge in [0, 0.05) is 52.5 Å². The van der Waals surface area contributed by atoms with Gasteiger partial charge in [-0.05, 0) is 54.9 Å². The molecule has 2 aliphatic rings. The predicted molar refractivity (Wildman–Crippen MR) is 128 cm³/mol. The molecule has 32 heavy (non-hydrogen) atoms. The molecule has 172 valence electrons. The molecule has 0 saturated carbocycles. The van der Waals surface area contributed by atoms with Crippen LogP contribution in [0.5, 0.6) is 0 Å². The molecule has 1 unspecified atom stereocenters. The highest BCUT2D eigenvalue weighted by Gasteiger charge is 2.21. The molecule has 1 fully saturated rings. The minimum absolute atomic E-state index is 0.0985. The summed E-state index contributed by atoms with van der Waals surface area (Å²) >= 11 is 0. The molecule has 6 nitrogen and oxygen atoms in total. The lowest BCUT2D eigenvalue weighted by Gasteiger charge is -2.31. The van der Waals surface area contributed by atoms with E-state index in [1.54, 1.807) is 18.1 Å². The fraction of sp³-hybridized carbons (Fsp3) is 0.538. The number of rotatable bonds is 6. The quantitative estimate of drug-likeness (QED) is 0.755. The van der Waals surface area contributed by atoms with Gasteiger partial charge in [-0.25, -0.2) is 4.98 Å². The van der Waals surface area contributed by atoms with Gasteiger partial charge in [-0.15, -0.1) is 0 Å². The molecule has 1 N–H and O–H groups in total. The molecule has 6 heteroatoms. The third kappa shape index (κ3) is 5.67. The number of fused-ring (bicyclic) bond motifs is 1. The predicted octanol–water partition coefficient (Wildman–Crippen LogP) is 2.85. The summed E-state index contributed by atoms with van der Waals surface area (Å²) in [5.74, 6) is 1.62. The number of carbonyl (C=O) groups is 1. The maximum absolute atomic E-state index is 12.9. The van der Waals surface area contributed by atoms with Gasteiger partial charge in [-0.3, -0.25) is 4.79 Å². The summed E-state index contributed by atoms with van der Waals surface area (Å²) in [6, 6.07) is 12.4. The average molecular weight is 437 g/mol. The number of aromatic nitrogens is 1. The van der Waals surface area contributed by atoms with Gasteiger partial charge in [0.15, 0.2) is 0 Å². The zero-order chi connectivity index (χ0) is 22.5. The molecule has 0 bridgehead atoms. The van der Waals surface area contributed by atoms with Gasteiger partial charge in [0.1, 0.15) is 5.82 Å². The van der Waals surface area contributed by atoms with Crippen molar-refractivity contribution in [2.24, 2.45) is 5.92 Å². The van der Waals surface area contributed by atoms with Crippen LogP contribution in [0.3, 0.4) is 0 Å². The van der Waals surface area contributed by atoms with Gasteiger partial charge in [0.2, 0.25) is 0 Å². The van der Waals surface area contributed by atoms with E-state index in [-0.39, 0.29) is 5.91 Å². The third-order valence-corrected chi connectivity index (χ3v) is 6.92. The van der Waals surface area contributed by atoms with E-state index in [0.29, 0.717) is 18.7 Å². The minimum Gasteiger partial charge on any atom is -0.390 e. The Hall–Kier alpha value is -2.44. The van der Waals surface area contributed by atoms with E-state index < -0.39 is 6.10 Å². The summed E-state index contributed by atoms with van der Waals surface area (Å²) in [6.45, 7) is 7.11. The van der Waals surface area contributed by atoms with Gasteiger partial charge in [-0.2, -0.15) is 0 Å². The molecule has 0 aliphatic carbocycles. The number of carbonyl (C=O) groups excluding carboxylic acids is 1. The van der Waals surface area contributed by atoms with Crippen molar-refractivity contribution in [3.05, 3.63) is 59.3 Å². The zero-order valence-electron chi connectivity index (χ0n) is 19.4. The fourth-order valence-corrected chi connectivity index (χ4v) is 4.81. The van der Waals surface area contributed by atoms with E-state index in [2.05, 4.69) is 46.0 Å². The van der Waals surface area contributed by atoms with Gasteiger partial charge >= 0.3 is 0 Å². The molecule has 0 radical (unpaired) electrons. The van der Waals surface area contributed by atoms with Crippen LogP contribution >= 0.6 is 0 Å². The molecule has 1 aromatic heterocycles. The Morgan fingerprint density at radius 3 is 2.34 bits per heavy atom. The largest absolute Gasteiger partial charge is 0.390 e. The van der Waals surface area contributed by atoms with Gasteiger partial charge in [0.25, 0.3) is 5.91 Å². The smallest absolute Gasteiger partial charge is 0.255 e. The molecule has 2 aliphatic heterocycles. The molecule has 1 amide bonds. The monoisotopic (exact) mass is 436 g/mol. The average Bonchev–Trinajstić information content (AvgIpc) is 3.01. The number of likely N-dealkylation sites (N-methyl/N-ethyl adjacent to an activating group) is 1. The van der Waals surface area contributed by atoms with Crippen molar-refractivity contribution in [1.82, 2.24) is 14.8 Å². The molecule has 2 aromatic rings.